The van der Waals surface area contributed by atoms with E-state index >= 15 is 0 Å². The van der Waals surface area contributed by atoms with Crippen LogP contribution in [0.4, 0.5) is 0 Å². The molecule has 0 radical (unpaired) electrons. The number of carbonyl (C=O) groups is 1. The van der Waals surface area contributed by atoms with Crippen LogP contribution < -0.4 is 11.1 Å². The first-order valence-electron chi connectivity index (χ1n) is 5.25. The second kappa shape index (κ2) is 4.75. The zero-order valence-electron chi connectivity index (χ0n) is 8.75. The van der Waals surface area contributed by atoms with Crippen molar-refractivity contribution in [1.29, 1.82) is 0 Å². The van der Waals surface area contributed by atoms with Crippen molar-refractivity contribution >= 4 is 5.91 Å². The third-order valence-electron chi connectivity index (χ3n) is 2.79. The summed E-state index contributed by atoms with van der Waals surface area (Å²) in [6.07, 6.45) is 4.51. The molecule has 1 rings (SSSR count). The molecule has 0 spiro atoms. The third kappa shape index (κ3) is 3.27. The number of carbonyl (C=O) groups excluding carboxylic acids is 1. The van der Waals surface area contributed by atoms with Gasteiger partial charge in [0.05, 0.1) is 6.61 Å². The van der Waals surface area contributed by atoms with Crippen molar-refractivity contribution in [2.24, 2.45) is 5.73 Å². The van der Waals surface area contributed by atoms with Crippen LogP contribution in [-0.4, -0.2) is 29.2 Å². The summed E-state index contributed by atoms with van der Waals surface area (Å²) in [6.45, 7) is 1.75. The van der Waals surface area contributed by atoms with Crippen LogP contribution in [0.2, 0.25) is 0 Å². The summed E-state index contributed by atoms with van der Waals surface area (Å²) in [5, 5.41) is 11.5. The van der Waals surface area contributed by atoms with Gasteiger partial charge in [-0.3, -0.25) is 4.79 Å². The first kappa shape index (κ1) is 11.5. The number of aliphatic hydroxyl groups excluding tert-OH is 1. The van der Waals surface area contributed by atoms with Crippen LogP contribution in [0.15, 0.2) is 0 Å². The molecule has 1 aliphatic rings. The molecular weight excluding hydrogens is 180 g/mol. The number of amides is 1. The summed E-state index contributed by atoms with van der Waals surface area (Å²) >= 11 is 0. The Hall–Kier alpha value is -0.610. The summed E-state index contributed by atoms with van der Waals surface area (Å²) in [5.74, 6) is -0.0454. The molecule has 0 aromatic carbocycles. The molecule has 14 heavy (non-hydrogen) atoms. The highest BCUT2D eigenvalue weighted by Crippen LogP contribution is 2.29. The molecule has 0 aromatic rings. The van der Waals surface area contributed by atoms with Gasteiger partial charge in [0.2, 0.25) is 5.91 Å². The Labute approximate surface area is 84.9 Å². The Balaban J connectivity index is 2.32. The maximum Gasteiger partial charge on any atom is 0.222 e. The molecule has 0 heterocycles. The van der Waals surface area contributed by atoms with Gasteiger partial charge >= 0.3 is 0 Å². The summed E-state index contributed by atoms with van der Waals surface area (Å²) in [5.41, 5.74) is 5.76. The van der Waals surface area contributed by atoms with Crippen LogP contribution in [0.1, 0.15) is 39.0 Å². The fourth-order valence-corrected chi connectivity index (χ4v) is 1.95. The van der Waals surface area contributed by atoms with E-state index in [4.69, 9.17) is 10.8 Å². The SMILES string of the molecule is C[C@@H](CO)NC(=O)CC1(N)CCCC1. The van der Waals surface area contributed by atoms with Crippen LogP contribution in [0.5, 0.6) is 0 Å². The van der Waals surface area contributed by atoms with Gasteiger partial charge in [0.15, 0.2) is 0 Å². The molecule has 4 nitrogen and oxygen atoms in total. The lowest BCUT2D eigenvalue weighted by atomic mass is 9.94. The summed E-state index contributed by atoms with van der Waals surface area (Å²) < 4.78 is 0. The lowest BCUT2D eigenvalue weighted by molar-refractivity contribution is -0.123. The predicted molar refractivity (Wildman–Crippen MR) is 54.7 cm³/mol. The quantitative estimate of drug-likeness (QED) is 0.604. The van der Waals surface area contributed by atoms with Gasteiger partial charge in [-0.2, -0.15) is 0 Å². The summed E-state index contributed by atoms with van der Waals surface area (Å²) in [7, 11) is 0. The van der Waals surface area contributed by atoms with Crippen molar-refractivity contribution in [3.05, 3.63) is 0 Å². The maximum absolute atomic E-state index is 11.5. The van der Waals surface area contributed by atoms with Gasteiger partial charge in [-0.15, -0.1) is 0 Å². The number of nitrogens with one attached hydrogen (secondary N) is 1. The number of hydrogen-bond acceptors (Lipinski definition) is 3. The summed E-state index contributed by atoms with van der Waals surface area (Å²) in [4.78, 5) is 11.5. The standard InChI is InChI=1S/C10H20N2O2/c1-8(7-13)12-9(14)6-10(11)4-2-3-5-10/h8,13H,2-7,11H2,1H3,(H,12,14)/t8-/m0/s1. The van der Waals surface area contributed by atoms with Crippen LogP contribution >= 0.6 is 0 Å². The zero-order chi connectivity index (χ0) is 10.6. The molecule has 4 heteroatoms. The van der Waals surface area contributed by atoms with Gasteiger partial charge in [0.25, 0.3) is 0 Å². The lowest BCUT2D eigenvalue weighted by Crippen LogP contribution is -2.44. The van der Waals surface area contributed by atoms with E-state index < -0.39 is 0 Å². The van der Waals surface area contributed by atoms with E-state index in [0.717, 1.165) is 25.7 Å². The van der Waals surface area contributed by atoms with Gasteiger partial charge in [-0.1, -0.05) is 12.8 Å². The highest BCUT2D eigenvalue weighted by Gasteiger charge is 2.31. The fourth-order valence-electron chi connectivity index (χ4n) is 1.95. The maximum atomic E-state index is 11.5. The third-order valence-corrected chi connectivity index (χ3v) is 2.79. The van der Waals surface area contributed by atoms with E-state index in [9.17, 15) is 4.79 Å². The number of rotatable bonds is 4. The monoisotopic (exact) mass is 200 g/mol. The number of hydrogen-bond donors (Lipinski definition) is 3. The molecule has 4 N–H and O–H groups in total. The van der Waals surface area contributed by atoms with Crippen molar-refractivity contribution in [1.82, 2.24) is 5.32 Å². The molecule has 0 aliphatic heterocycles. The van der Waals surface area contributed by atoms with Crippen molar-refractivity contribution < 1.29 is 9.90 Å². The highest BCUT2D eigenvalue weighted by molar-refractivity contribution is 5.77. The van der Waals surface area contributed by atoms with Crippen molar-refractivity contribution in [2.75, 3.05) is 6.61 Å². The minimum atomic E-state index is -0.292. The van der Waals surface area contributed by atoms with Crippen LogP contribution in [0, 0.1) is 0 Å². The normalized spacial score (nSPS) is 21.9. The topological polar surface area (TPSA) is 75.3 Å². The van der Waals surface area contributed by atoms with Crippen molar-refractivity contribution in [2.45, 2.75) is 50.6 Å². The van der Waals surface area contributed by atoms with Crippen molar-refractivity contribution in [3.63, 3.8) is 0 Å². The van der Waals surface area contributed by atoms with Crippen LogP contribution in [0.25, 0.3) is 0 Å². The van der Waals surface area contributed by atoms with Gasteiger partial charge in [-0.05, 0) is 19.8 Å². The first-order chi connectivity index (χ1) is 6.56. The minimum Gasteiger partial charge on any atom is -0.394 e. The molecular formula is C10H20N2O2. The first-order valence-corrected chi connectivity index (χ1v) is 5.25. The lowest BCUT2D eigenvalue weighted by Gasteiger charge is -2.23. The average Bonchev–Trinajstić information content (AvgIpc) is 2.51. The van der Waals surface area contributed by atoms with Crippen LogP contribution in [0.3, 0.4) is 0 Å². The number of aliphatic hydroxyl groups is 1. The molecule has 0 saturated heterocycles. The molecule has 1 atom stereocenters. The van der Waals surface area contributed by atoms with E-state index in [-0.39, 0.29) is 24.1 Å². The molecule has 1 amide bonds. The highest BCUT2D eigenvalue weighted by atomic mass is 16.3. The van der Waals surface area contributed by atoms with Crippen LogP contribution in [-0.2, 0) is 4.79 Å². The molecule has 1 aliphatic carbocycles. The number of nitrogens with two attached hydrogens (primary N) is 1. The largest absolute Gasteiger partial charge is 0.394 e. The second-order valence-electron chi connectivity index (χ2n) is 4.40. The van der Waals surface area contributed by atoms with E-state index in [1.54, 1.807) is 6.92 Å². The average molecular weight is 200 g/mol. The van der Waals surface area contributed by atoms with Gasteiger partial charge < -0.3 is 16.2 Å². The van der Waals surface area contributed by atoms with E-state index in [0.29, 0.717) is 6.42 Å². The van der Waals surface area contributed by atoms with Gasteiger partial charge in [0.1, 0.15) is 0 Å². The van der Waals surface area contributed by atoms with Gasteiger partial charge in [-0.25, -0.2) is 0 Å². The Morgan fingerprint density at radius 1 is 1.57 bits per heavy atom. The minimum absolute atomic E-state index is 0.0245. The van der Waals surface area contributed by atoms with E-state index in [1.165, 1.54) is 0 Å². The zero-order valence-corrected chi connectivity index (χ0v) is 8.75. The Kier molecular flexibility index (Phi) is 3.89. The molecule has 0 unspecified atom stereocenters. The van der Waals surface area contributed by atoms with Gasteiger partial charge in [0, 0.05) is 18.0 Å². The smallest absolute Gasteiger partial charge is 0.222 e. The Morgan fingerprint density at radius 2 is 2.14 bits per heavy atom. The molecule has 82 valence electrons. The van der Waals surface area contributed by atoms with E-state index in [1.807, 2.05) is 0 Å². The molecule has 0 bridgehead atoms. The Bertz CT molecular complexity index is 200. The summed E-state index contributed by atoms with van der Waals surface area (Å²) in [6, 6.07) is -0.174. The predicted octanol–water partition coefficient (Wildman–Crippen LogP) is 0.145. The molecule has 0 aromatic heterocycles. The molecule has 1 saturated carbocycles. The van der Waals surface area contributed by atoms with Crippen molar-refractivity contribution in [3.8, 4) is 0 Å². The molecule has 1 fully saturated rings. The Morgan fingerprint density at radius 3 is 2.64 bits per heavy atom. The van der Waals surface area contributed by atoms with E-state index in [2.05, 4.69) is 5.32 Å². The fraction of sp³-hybridized carbons (Fsp3) is 0.900. The second-order valence-corrected chi connectivity index (χ2v) is 4.40.